The Morgan fingerprint density at radius 2 is 1.88 bits per heavy atom. The van der Waals surface area contributed by atoms with Gasteiger partial charge < -0.3 is 9.73 Å². The van der Waals surface area contributed by atoms with Crippen molar-refractivity contribution < 1.29 is 13.6 Å². The Morgan fingerprint density at radius 3 is 2.56 bits per heavy atom. The highest BCUT2D eigenvalue weighted by Crippen LogP contribution is 2.24. The van der Waals surface area contributed by atoms with Crippen LogP contribution in [0.2, 0.25) is 0 Å². The smallest absolute Gasteiger partial charge is 0.262 e. The number of nitrogens with zero attached hydrogens (tertiary/aromatic N) is 1. The van der Waals surface area contributed by atoms with Crippen LogP contribution in [0, 0.1) is 17.1 Å². The molecule has 4 nitrogen and oxygen atoms in total. The first-order valence-electron chi connectivity index (χ1n) is 8.44. The van der Waals surface area contributed by atoms with E-state index in [1.54, 1.807) is 24.3 Å². The Labute approximate surface area is 146 Å². The van der Waals surface area contributed by atoms with Crippen molar-refractivity contribution in [2.45, 2.75) is 38.1 Å². The van der Waals surface area contributed by atoms with E-state index < -0.39 is 0 Å². The van der Waals surface area contributed by atoms with Gasteiger partial charge in [-0.1, -0.05) is 19.3 Å². The normalized spacial score (nSPS) is 15.6. The fourth-order valence-corrected chi connectivity index (χ4v) is 3.00. The molecule has 0 unspecified atom stereocenters. The van der Waals surface area contributed by atoms with Crippen molar-refractivity contribution in [2.24, 2.45) is 0 Å². The summed E-state index contributed by atoms with van der Waals surface area (Å²) in [6.07, 6.45) is 6.77. The van der Waals surface area contributed by atoms with Crippen molar-refractivity contribution in [3.63, 3.8) is 0 Å². The zero-order valence-corrected chi connectivity index (χ0v) is 13.8. The highest BCUT2D eigenvalue weighted by molar-refractivity contribution is 6.01. The first kappa shape index (κ1) is 17.0. The number of nitriles is 1. The van der Waals surface area contributed by atoms with Crippen LogP contribution in [0.3, 0.4) is 0 Å². The van der Waals surface area contributed by atoms with Gasteiger partial charge in [0.25, 0.3) is 5.91 Å². The predicted molar refractivity (Wildman–Crippen MR) is 92.7 cm³/mol. The lowest BCUT2D eigenvalue weighted by Crippen LogP contribution is -2.36. The van der Waals surface area contributed by atoms with Crippen molar-refractivity contribution in [2.75, 3.05) is 0 Å². The number of rotatable bonds is 4. The third-order valence-corrected chi connectivity index (χ3v) is 4.35. The molecule has 0 radical (unpaired) electrons. The zero-order chi connectivity index (χ0) is 17.6. The third kappa shape index (κ3) is 4.36. The van der Waals surface area contributed by atoms with E-state index in [1.165, 1.54) is 24.6 Å². The molecule has 1 N–H and O–H groups in total. The molecule has 0 aliphatic heterocycles. The number of halogens is 1. The summed E-state index contributed by atoms with van der Waals surface area (Å²) >= 11 is 0. The van der Waals surface area contributed by atoms with E-state index in [0.717, 1.165) is 31.2 Å². The standard InChI is InChI=1S/C20H19FN2O2/c21-16-8-6-14(7-9-16)19-11-10-18(25-19)12-15(13-22)20(24)23-17-4-2-1-3-5-17/h6-12,17H,1-5H2,(H,23,24)/b15-12-. The maximum Gasteiger partial charge on any atom is 0.262 e. The summed E-state index contributed by atoms with van der Waals surface area (Å²) < 4.78 is 18.6. The van der Waals surface area contributed by atoms with E-state index in [4.69, 9.17) is 4.42 Å². The molecule has 0 saturated heterocycles. The van der Waals surface area contributed by atoms with Crippen molar-refractivity contribution >= 4 is 12.0 Å². The maximum absolute atomic E-state index is 13.0. The number of amides is 1. The lowest BCUT2D eigenvalue weighted by atomic mass is 9.95. The van der Waals surface area contributed by atoms with E-state index in [-0.39, 0.29) is 23.3 Å². The third-order valence-electron chi connectivity index (χ3n) is 4.35. The molecular formula is C20H19FN2O2. The van der Waals surface area contributed by atoms with E-state index in [2.05, 4.69) is 5.32 Å². The molecule has 0 spiro atoms. The van der Waals surface area contributed by atoms with Crippen LogP contribution < -0.4 is 5.32 Å². The molecule has 5 heteroatoms. The summed E-state index contributed by atoms with van der Waals surface area (Å²) in [5.41, 5.74) is 0.747. The summed E-state index contributed by atoms with van der Waals surface area (Å²) in [7, 11) is 0. The molecule has 25 heavy (non-hydrogen) atoms. The monoisotopic (exact) mass is 338 g/mol. The summed E-state index contributed by atoms with van der Waals surface area (Å²) in [6, 6.07) is 11.4. The van der Waals surface area contributed by atoms with Gasteiger partial charge in [0, 0.05) is 17.7 Å². The number of hydrogen-bond donors (Lipinski definition) is 1. The Morgan fingerprint density at radius 1 is 1.16 bits per heavy atom. The Balaban J connectivity index is 1.72. The van der Waals surface area contributed by atoms with Crippen LogP contribution >= 0.6 is 0 Å². The molecule has 1 saturated carbocycles. The van der Waals surface area contributed by atoms with Gasteiger partial charge in [-0.25, -0.2) is 4.39 Å². The summed E-state index contributed by atoms with van der Waals surface area (Å²) in [5.74, 6) is 0.279. The SMILES string of the molecule is N#C/C(=C/c1ccc(-c2ccc(F)cc2)o1)C(=O)NC1CCCCC1. The average Bonchev–Trinajstić information content (AvgIpc) is 3.09. The molecule has 1 aliphatic carbocycles. The van der Waals surface area contributed by atoms with Crippen LogP contribution in [-0.4, -0.2) is 11.9 Å². The van der Waals surface area contributed by atoms with Gasteiger partial charge in [-0.3, -0.25) is 4.79 Å². The molecule has 1 aromatic heterocycles. The van der Waals surface area contributed by atoms with Crippen LogP contribution in [0.1, 0.15) is 37.9 Å². The molecular weight excluding hydrogens is 319 g/mol. The number of nitrogens with one attached hydrogen (secondary N) is 1. The van der Waals surface area contributed by atoms with Crippen LogP contribution in [0.15, 0.2) is 46.4 Å². The predicted octanol–water partition coefficient (Wildman–Crippen LogP) is 4.44. The maximum atomic E-state index is 13.0. The number of benzene rings is 1. The Bertz CT molecular complexity index is 809. The Hall–Kier alpha value is -2.87. The van der Waals surface area contributed by atoms with Gasteiger partial charge in [0.15, 0.2) is 0 Å². The van der Waals surface area contributed by atoms with Crippen LogP contribution in [0.4, 0.5) is 4.39 Å². The second-order valence-electron chi connectivity index (χ2n) is 6.19. The highest BCUT2D eigenvalue weighted by atomic mass is 19.1. The van der Waals surface area contributed by atoms with Crippen molar-refractivity contribution in [1.82, 2.24) is 5.32 Å². The summed E-state index contributed by atoms with van der Waals surface area (Å²) in [6.45, 7) is 0. The molecule has 128 valence electrons. The summed E-state index contributed by atoms with van der Waals surface area (Å²) in [4.78, 5) is 12.3. The fraction of sp³-hybridized carbons (Fsp3) is 0.300. The molecule has 1 amide bonds. The lowest BCUT2D eigenvalue weighted by molar-refractivity contribution is -0.117. The molecule has 1 fully saturated rings. The molecule has 1 aliphatic rings. The van der Waals surface area contributed by atoms with Gasteiger partial charge in [0.2, 0.25) is 0 Å². The van der Waals surface area contributed by atoms with E-state index >= 15 is 0 Å². The molecule has 0 bridgehead atoms. The second kappa shape index (κ2) is 7.80. The van der Waals surface area contributed by atoms with Gasteiger partial charge in [-0.2, -0.15) is 5.26 Å². The topological polar surface area (TPSA) is 66.0 Å². The van der Waals surface area contributed by atoms with Crippen LogP contribution in [-0.2, 0) is 4.79 Å². The molecule has 3 rings (SSSR count). The minimum Gasteiger partial charge on any atom is -0.457 e. The van der Waals surface area contributed by atoms with Gasteiger partial charge >= 0.3 is 0 Å². The largest absolute Gasteiger partial charge is 0.457 e. The molecule has 1 aromatic carbocycles. The number of hydrogen-bond acceptors (Lipinski definition) is 3. The van der Waals surface area contributed by atoms with Gasteiger partial charge in [0.05, 0.1) is 0 Å². The van der Waals surface area contributed by atoms with Crippen LogP contribution in [0.5, 0.6) is 0 Å². The zero-order valence-electron chi connectivity index (χ0n) is 13.8. The van der Waals surface area contributed by atoms with Crippen molar-refractivity contribution in [1.29, 1.82) is 5.26 Å². The van der Waals surface area contributed by atoms with Crippen molar-refractivity contribution in [3.8, 4) is 17.4 Å². The Kier molecular flexibility index (Phi) is 5.30. The van der Waals surface area contributed by atoms with Gasteiger partial charge in [-0.15, -0.1) is 0 Å². The molecule has 2 aromatic rings. The van der Waals surface area contributed by atoms with Gasteiger partial charge in [0.1, 0.15) is 29.0 Å². The number of carbonyl (C=O) groups excluding carboxylic acids is 1. The van der Waals surface area contributed by atoms with Crippen molar-refractivity contribution in [3.05, 3.63) is 53.5 Å². The quantitative estimate of drug-likeness (QED) is 0.662. The van der Waals surface area contributed by atoms with Crippen LogP contribution in [0.25, 0.3) is 17.4 Å². The minimum absolute atomic E-state index is 0.0191. The lowest BCUT2D eigenvalue weighted by Gasteiger charge is -2.22. The average molecular weight is 338 g/mol. The first-order chi connectivity index (χ1) is 12.2. The fourth-order valence-electron chi connectivity index (χ4n) is 3.00. The van der Waals surface area contributed by atoms with E-state index in [1.807, 2.05) is 6.07 Å². The van der Waals surface area contributed by atoms with Gasteiger partial charge in [-0.05, 0) is 49.2 Å². The number of furan rings is 1. The first-order valence-corrected chi connectivity index (χ1v) is 8.44. The minimum atomic E-state index is -0.367. The molecule has 1 heterocycles. The van der Waals surface area contributed by atoms with E-state index in [9.17, 15) is 14.4 Å². The highest BCUT2D eigenvalue weighted by Gasteiger charge is 2.18. The molecule has 0 atom stereocenters. The van der Waals surface area contributed by atoms with E-state index in [0.29, 0.717) is 11.5 Å². The second-order valence-corrected chi connectivity index (χ2v) is 6.19. The number of carbonyl (C=O) groups is 1. The summed E-state index contributed by atoms with van der Waals surface area (Å²) in [5, 5.41) is 12.2.